The lowest BCUT2D eigenvalue weighted by Crippen LogP contribution is -1.98. The molecule has 0 fully saturated rings. The lowest BCUT2D eigenvalue weighted by Gasteiger charge is -2.09. The van der Waals surface area contributed by atoms with Crippen LogP contribution in [0, 0.1) is 0 Å². The van der Waals surface area contributed by atoms with Crippen molar-refractivity contribution < 1.29 is 19.4 Å². The Kier molecular flexibility index (Phi) is 4.29. The number of carboxylic acid groups (broad SMARTS) is 1. The van der Waals surface area contributed by atoms with Gasteiger partial charge in [0.05, 0.1) is 12.2 Å². The van der Waals surface area contributed by atoms with E-state index >= 15 is 0 Å². The van der Waals surface area contributed by atoms with Crippen LogP contribution in [0.5, 0.6) is 0 Å². The molecule has 4 heteroatoms. The first kappa shape index (κ1) is 15.7. The van der Waals surface area contributed by atoms with Crippen molar-refractivity contribution in [1.29, 1.82) is 0 Å². The molecule has 3 aromatic rings. The highest BCUT2D eigenvalue weighted by Crippen LogP contribution is 2.30. The van der Waals surface area contributed by atoms with E-state index in [1.807, 2.05) is 30.3 Å². The van der Waals surface area contributed by atoms with Gasteiger partial charge in [0.2, 0.25) is 0 Å². The van der Waals surface area contributed by atoms with Crippen LogP contribution in [0.3, 0.4) is 0 Å². The maximum atomic E-state index is 11.6. The van der Waals surface area contributed by atoms with Gasteiger partial charge in [-0.25, -0.2) is 9.59 Å². The number of fused-ring (bicyclic) bond motifs is 3. The van der Waals surface area contributed by atoms with Crippen molar-refractivity contribution in [2.75, 3.05) is 6.61 Å². The minimum Gasteiger partial charge on any atom is -0.478 e. The standard InChI is InChI=1S/C20H16O4/c1-2-24-19(21)10-9-13-11-14-7-8-15(20(22)23)12-18(14)17-6-4-3-5-16(13)17/h3-12H,2H2,1H3,(H,22,23). The number of aromatic carboxylic acids is 1. The summed E-state index contributed by atoms with van der Waals surface area (Å²) >= 11 is 0. The number of carboxylic acids is 1. The van der Waals surface area contributed by atoms with Crippen LogP contribution in [-0.4, -0.2) is 23.7 Å². The predicted octanol–water partition coefficient (Wildman–Crippen LogP) is 4.27. The first-order valence-corrected chi connectivity index (χ1v) is 7.64. The molecule has 0 amide bonds. The van der Waals surface area contributed by atoms with Gasteiger partial charge in [-0.2, -0.15) is 0 Å². The fourth-order valence-electron chi connectivity index (χ4n) is 2.75. The number of hydrogen-bond donors (Lipinski definition) is 1. The third-order valence-electron chi connectivity index (χ3n) is 3.83. The minimum absolute atomic E-state index is 0.252. The molecule has 0 spiro atoms. The number of ether oxygens (including phenoxy) is 1. The van der Waals surface area contributed by atoms with Gasteiger partial charge in [-0.3, -0.25) is 0 Å². The van der Waals surface area contributed by atoms with E-state index in [4.69, 9.17) is 4.74 Å². The molecule has 0 saturated heterocycles. The summed E-state index contributed by atoms with van der Waals surface area (Å²) in [4.78, 5) is 22.8. The molecule has 3 aromatic carbocycles. The Bertz CT molecular complexity index is 970. The van der Waals surface area contributed by atoms with E-state index in [0.29, 0.717) is 6.61 Å². The van der Waals surface area contributed by atoms with Gasteiger partial charge in [-0.1, -0.05) is 30.3 Å². The molecule has 0 aliphatic heterocycles. The number of rotatable bonds is 4. The van der Waals surface area contributed by atoms with Crippen molar-refractivity contribution in [2.45, 2.75) is 6.92 Å². The number of benzene rings is 3. The Labute approximate surface area is 139 Å². The van der Waals surface area contributed by atoms with Crippen LogP contribution in [0.2, 0.25) is 0 Å². The number of esters is 1. The molecule has 1 N–H and O–H groups in total. The fraction of sp³-hybridized carbons (Fsp3) is 0.100. The van der Waals surface area contributed by atoms with Gasteiger partial charge in [0.1, 0.15) is 0 Å². The smallest absolute Gasteiger partial charge is 0.335 e. The molecule has 0 aliphatic rings. The van der Waals surface area contributed by atoms with Gasteiger partial charge >= 0.3 is 11.9 Å². The zero-order chi connectivity index (χ0) is 17.1. The van der Waals surface area contributed by atoms with Crippen molar-refractivity contribution in [3.05, 3.63) is 65.7 Å². The largest absolute Gasteiger partial charge is 0.478 e. The second-order valence-electron chi connectivity index (χ2n) is 5.34. The molecule has 0 aromatic heterocycles. The highest BCUT2D eigenvalue weighted by molar-refractivity contribution is 6.12. The van der Waals surface area contributed by atoms with Crippen molar-refractivity contribution in [3.63, 3.8) is 0 Å². The Morgan fingerprint density at radius 3 is 2.50 bits per heavy atom. The third kappa shape index (κ3) is 2.99. The van der Waals surface area contributed by atoms with Crippen LogP contribution in [0.1, 0.15) is 22.8 Å². The normalized spacial score (nSPS) is 11.2. The van der Waals surface area contributed by atoms with Crippen molar-refractivity contribution in [3.8, 4) is 0 Å². The Balaban J connectivity index is 2.21. The summed E-state index contributed by atoms with van der Waals surface area (Å²) in [6.07, 6.45) is 3.13. The third-order valence-corrected chi connectivity index (χ3v) is 3.83. The van der Waals surface area contributed by atoms with Crippen LogP contribution in [0.15, 0.2) is 54.6 Å². The van der Waals surface area contributed by atoms with Crippen molar-refractivity contribution in [2.24, 2.45) is 0 Å². The maximum absolute atomic E-state index is 11.6. The van der Waals surface area contributed by atoms with Crippen LogP contribution in [0.4, 0.5) is 0 Å². The SMILES string of the molecule is CCOC(=O)C=Cc1cc2ccc(C(=O)O)cc2c2ccccc12. The van der Waals surface area contributed by atoms with Crippen LogP contribution >= 0.6 is 0 Å². The Morgan fingerprint density at radius 1 is 1.04 bits per heavy atom. The molecule has 0 radical (unpaired) electrons. The first-order valence-electron chi connectivity index (χ1n) is 7.64. The quantitative estimate of drug-likeness (QED) is 0.443. The van der Waals surface area contributed by atoms with Gasteiger partial charge in [0.25, 0.3) is 0 Å². The number of hydrogen-bond acceptors (Lipinski definition) is 3. The molecule has 4 nitrogen and oxygen atoms in total. The van der Waals surface area contributed by atoms with Gasteiger partial charge < -0.3 is 9.84 Å². The molecule has 24 heavy (non-hydrogen) atoms. The molecule has 0 unspecified atom stereocenters. The van der Waals surface area contributed by atoms with Gasteiger partial charge in [0, 0.05) is 6.08 Å². The fourth-order valence-corrected chi connectivity index (χ4v) is 2.75. The van der Waals surface area contributed by atoms with E-state index in [-0.39, 0.29) is 11.5 Å². The maximum Gasteiger partial charge on any atom is 0.335 e. The molecular formula is C20H16O4. The molecule has 0 aliphatic carbocycles. The van der Waals surface area contributed by atoms with E-state index in [1.165, 1.54) is 6.08 Å². The lowest BCUT2D eigenvalue weighted by molar-refractivity contribution is -0.137. The molecule has 0 atom stereocenters. The van der Waals surface area contributed by atoms with Crippen LogP contribution in [-0.2, 0) is 9.53 Å². The zero-order valence-corrected chi connectivity index (χ0v) is 13.2. The predicted molar refractivity (Wildman–Crippen MR) is 94.1 cm³/mol. The van der Waals surface area contributed by atoms with Crippen molar-refractivity contribution >= 4 is 39.6 Å². The van der Waals surface area contributed by atoms with Crippen LogP contribution in [0.25, 0.3) is 27.6 Å². The van der Waals surface area contributed by atoms with Gasteiger partial charge in [0.15, 0.2) is 0 Å². The van der Waals surface area contributed by atoms with Gasteiger partial charge in [-0.15, -0.1) is 0 Å². The molecule has 0 bridgehead atoms. The summed E-state index contributed by atoms with van der Waals surface area (Å²) in [6, 6.07) is 14.7. The molecule has 3 rings (SSSR count). The van der Waals surface area contributed by atoms with Crippen molar-refractivity contribution in [1.82, 2.24) is 0 Å². The highest BCUT2D eigenvalue weighted by atomic mass is 16.5. The summed E-state index contributed by atoms with van der Waals surface area (Å²) in [7, 11) is 0. The first-order chi connectivity index (χ1) is 11.6. The summed E-state index contributed by atoms with van der Waals surface area (Å²) in [6.45, 7) is 2.09. The van der Waals surface area contributed by atoms with E-state index in [1.54, 1.807) is 31.2 Å². The summed E-state index contributed by atoms with van der Waals surface area (Å²) in [5.74, 6) is -1.34. The number of carbonyl (C=O) groups is 2. The average molecular weight is 320 g/mol. The Morgan fingerprint density at radius 2 is 1.79 bits per heavy atom. The minimum atomic E-state index is -0.952. The number of carbonyl (C=O) groups excluding carboxylic acids is 1. The summed E-state index contributed by atoms with van der Waals surface area (Å²) < 4.78 is 4.91. The van der Waals surface area contributed by atoms with Gasteiger partial charge in [-0.05, 0) is 58.3 Å². The summed E-state index contributed by atoms with van der Waals surface area (Å²) in [5, 5.41) is 12.9. The van der Waals surface area contributed by atoms with E-state index in [0.717, 1.165) is 27.1 Å². The zero-order valence-electron chi connectivity index (χ0n) is 13.2. The van der Waals surface area contributed by atoms with E-state index in [9.17, 15) is 14.7 Å². The highest BCUT2D eigenvalue weighted by Gasteiger charge is 2.09. The van der Waals surface area contributed by atoms with E-state index < -0.39 is 5.97 Å². The molecular weight excluding hydrogens is 304 g/mol. The average Bonchev–Trinajstić information content (AvgIpc) is 2.59. The lowest BCUT2D eigenvalue weighted by atomic mass is 9.95. The Hall–Kier alpha value is -3.14. The topological polar surface area (TPSA) is 63.6 Å². The molecule has 120 valence electrons. The molecule has 0 saturated carbocycles. The second kappa shape index (κ2) is 6.54. The summed E-state index contributed by atoms with van der Waals surface area (Å²) in [5.41, 5.74) is 1.14. The van der Waals surface area contributed by atoms with E-state index in [2.05, 4.69) is 0 Å². The second-order valence-corrected chi connectivity index (χ2v) is 5.34. The van der Waals surface area contributed by atoms with Crippen LogP contribution < -0.4 is 0 Å². The monoisotopic (exact) mass is 320 g/mol. The molecule has 0 heterocycles.